The van der Waals surface area contributed by atoms with Crippen molar-refractivity contribution in [3.63, 3.8) is 0 Å². The monoisotopic (exact) mass is 345 g/mol. The minimum atomic E-state index is 0.796. The van der Waals surface area contributed by atoms with Gasteiger partial charge < -0.3 is 4.57 Å². The van der Waals surface area contributed by atoms with Crippen molar-refractivity contribution in [2.24, 2.45) is 0 Å². The third-order valence-corrected chi connectivity index (χ3v) is 5.06. The fraction of sp³-hybridized carbons (Fsp3) is 0.105. The van der Waals surface area contributed by atoms with Gasteiger partial charge in [0.1, 0.15) is 5.82 Å². The van der Waals surface area contributed by atoms with E-state index in [-0.39, 0.29) is 0 Å². The number of aryl methyl sites for hydroxylation is 1. The Labute approximate surface area is 148 Å². The van der Waals surface area contributed by atoms with Crippen LogP contribution in [0.2, 0.25) is 0 Å². The lowest BCUT2D eigenvalue weighted by Gasteiger charge is -2.10. The van der Waals surface area contributed by atoms with Gasteiger partial charge in [-0.25, -0.2) is 4.98 Å². The number of rotatable bonds is 3. The summed E-state index contributed by atoms with van der Waals surface area (Å²) in [6.45, 7) is 2.78. The summed E-state index contributed by atoms with van der Waals surface area (Å²) in [5.41, 5.74) is 8.38. The summed E-state index contributed by atoms with van der Waals surface area (Å²) >= 11 is 1.61. The molecule has 0 aliphatic rings. The first-order chi connectivity index (χ1) is 12.3. The molecule has 0 aliphatic carbocycles. The molecule has 0 radical (unpaired) electrons. The van der Waals surface area contributed by atoms with Crippen molar-refractivity contribution in [1.82, 2.24) is 24.1 Å². The molecule has 1 aromatic carbocycles. The highest BCUT2D eigenvalue weighted by Gasteiger charge is 2.16. The molecule has 0 unspecified atom stereocenters. The maximum atomic E-state index is 4.53. The van der Waals surface area contributed by atoms with E-state index < -0.39 is 0 Å². The summed E-state index contributed by atoms with van der Waals surface area (Å²) in [6.07, 6.45) is 0. The van der Waals surface area contributed by atoms with Crippen LogP contribution in [0.25, 0.3) is 28.1 Å². The zero-order chi connectivity index (χ0) is 16.8. The molecule has 0 N–H and O–H groups in total. The van der Waals surface area contributed by atoms with E-state index in [1.807, 2.05) is 24.6 Å². The van der Waals surface area contributed by atoms with Crippen LogP contribution in [0.3, 0.4) is 0 Å². The Morgan fingerprint density at radius 3 is 2.68 bits per heavy atom. The lowest BCUT2D eigenvalue weighted by atomic mass is 10.2. The highest BCUT2D eigenvalue weighted by Crippen LogP contribution is 2.30. The fourth-order valence-corrected chi connectivity index (χ4v) is 3.88. The summed E-state index contributed by atoms with van der Waals surface area (Å²) in [7, 11) is 0. The topological polar surface area (TPSA) is 48.0 Å². The van der Waals surface area contributed by atoms with Crippen molar-refractivity contribution >= 4 is 28.0 Å². The van der Waals surface area contributed by atoms with Crippen LogP contribution in [0, 0.1) is 6.92 Å². The molecule has 0 fully saturated rings. The first kappa shape index (κ1) is 14.4. The molecule has 0 aliphatic heterocycles. The number of pyridine rings is 1. The van der Waals surface area contributed by atoms with Crippen molar-refractivity contribution in [3.8, 4) is 11.4 Å². The van der Waals surface area contributed by atoms with Crippen LogP contribution in [0.4, 0.5) is 0 Å². The third kappa shape index (κ3) is 2.26. The molecule has 5 nitrogen and oxygen atoms in total. The number of aromatic nitrogens is 5. The minimum Gasteiger partial charge on any atom is -0.333 e. The Hall–Kier alpha value is -2.99. The van der Waals surface area contributed by atoms with Gasteiger partial charge in [0.05, 0.1) is 27.9 Å². The third-order valence-electron chi connectivity index (χ3n) is 4.48. The Morgan fingerprint density at radius 1 is 1.00 bits per heavy atom. The van der Waals surface area contributed by atoms with Crippen molar-refractivity contribution in [2.75, 3.05) is 0 Å². The minimum absolute atomic E-state index is 0.796. The number of fused-ring (bicyclic) bond motifs is 3. The summed E-state index contributed by atoms with van der Waals surface area (Å²) in [4.78, 5) is 4.53. The van der Waals surface area contributed by atoms with Gasteiger partial charge in [-0.05, 0) is 30.7 Å². The first-order valence-corrected chi connectivity index (χ1v) is 9.02. The standard InChI is InChI=1S/C19H15N5S/c1-13-21-22-19-8-7-16-18(24(13)19)9-17(15-11-25-12-20-15)23(16)10-14-5-3-2-4-6-14/h2-9,11-12H,10H2,1H3. The van der Waals surface area contributed by atoms with Gasteiger partial charge >= 0.3 is 0 Å². The molecule has 0 atom stereocenters. The summed E-state index contributed by atoms with van der Waals surface area (Å²) < 4.78 is 4.42. The van der Waals surface area contributed by atoms with Crippen molar-refractivity contribution in [2.45, 2.75) is 13.5 Å². The molecule has 0 amide bonds. The molecule has 5 aromatic rings. The molecule has 6 heteroatoms. The first-order valence-electron chi connectivity index (χ1n) is 8.08. The molecule has 0 saturated heterocycles. The zero-order valence-electron chi connectivity index (χ0n) is 13.6. The second-order valence-corrected chi connectivity index (χ2v) is 6.74. The molecule has 5 rings (SSSR count). The van der Waals surface area contributed by atoms with E-state index in [2.05, 4.69) is 65.9 Å². The van der Waals surface area contributed by atoms with Crippen molar-refractivity contribution in [3.05, 3.63) is 70.8 Å². The van der Waals surface area contributed by atoms with E-state index in [1.54, 1.807) is 11.3 Å². The highest BCUT2D eigenvalue weighted by molar-refractivity contribution is 7.07. The van der Waals surface area contributed by atoms with E-state index in [0.717, 1.165) is 40.4 Å². The molecule has 0 spiro atoms. The molecular formula is C19H15N5S. The van der Waals surface area contributed by atoms with Crippen LogP contribution >= 0.6 is 11.3 Å². The van der Waals surface area contributed by atoms with Crippen LogP contribution in [-0.2, 0) is 6.54 Å². The van der Waals surface area contributed by atoms with Gasteiger partial charge in [0.2, 0.25) is 0 Å². The average Bonchev–Trinajstić information content (AvgIpc) is 3.35. The second-order valence-electron chi connectivity index (χ2n) is 6.02. The average molecular weight is 345 g/mol. The predicted molar refractivity (Wildman–Crippen MR) is 99.9 cm³/mol. The summed E-state index contributed by atoms with van der Waals surface area (Å²) in [5.74, 6) is 0.891. The van der Waals surface area contributed by atoms with Gasteiger partial charge in [-0.15, -0.1) is 21.5 Å². The lowest BCUT2D eigenvalue weighted by Crippen LogP contribution is -2.02. The fourth-order valence-electron chi connectivity index (χ4n) is 3.33. The van der Waals surface area contributed by atoms with Crippen LogP contribution in [-0.4, -0.2) is 24.1 Å². The van der Waals surface area contributed by atoms with Crippen LogP contribution in [0.15, 0.2) is 59.4 Å². The van der Waals surface area contributed by atoms with Crippen molar-refractivity contribution in [1.29, 1.82) is 0 Å². The normalized spacial score (nSPS) is 11.6. The quantitative estimate of drug-likeness (QED) is 0.493. The largest absolute Gasteiger partial charge is 0.333 e. The molecule has 0 bridgehead atoms. The Bertz CT molecular complexity index is 1170. The van der Waals surface area contributed by atoms with Crippen LogP contribution in [0.1, 0.15) is 11.4 Å². The molecule has 4 heterocycles. The Kier molecular flexibility index (Phi) is 3.18. The zero-order valence-corrected chi connectivity index (χ0v) is 14.4. The maximum Gasteiger partial charge on any atom is 0.161 e. The van der Waals surface area contributed by atoms with E-state index in [4.69, 9.17) is 0 Å². The van der Waals surface area contributed by atoms with Crippen LogP contribution < -0.4 is 0 Å². The Morgan fingerprint density at radius 2 is 1.88 bits per heavy atom. The van der Waals surface area contributed by atoms with E-state index in [0.29, 0.717) is 0 Å². The molecule has 122 valence electrons. The van der Waals surface area contributed by atoms with Crippen LogP contribution in [0.5, 0.6) is 0 Å². The van der Waals surface area contributed by atoms with Gasteiger partial charge in [-0.3, -0.25) is 4.40 Å². The number of nitrogens with zero attached hydrogens (tertiary/aromatic N) is 5. The molecule has 4 aromatic heterocycles. The maximum absolute atomic E-state index is 4.53. The highest BCUT2D eigenvalue weighted by atomic mass is 32.1. The second kappa shape index (κ2) is 5.53. The van der Waals surface area contributed by atoms with Gasteiger partial charge in [0, 0.05) is 11.9 Å². The van der Waals surface area contributed by atoms with Crippen molar-refractivity contribution < 1.29 is 0 Å². The predicted octanol–water partition coefficient (Wildman–Crippen LogP) is 4.16. The van der Waals surface area contributed by atoms with Gasteiger partial charge in [-0.2, -0.15) is 0 Å². The SMILES string of the molecule is Cc1nnc2ccc3c(cc(-c4cscn4)n3Cc3ccccc3)n12. The number of thiazole rings is 1. The number of hydrogen-bond acceptors (Lipinski definition) is 4. The Balaban J connectivity index is 1.82. The molecular weight excluding hydrogens is 330 g/mol. The van der Waals surface area contributed by atoms with E-state index >= 15 is 0 Å². The van der Waals surface area contributed by atoms with Gasteiger partial charge in [0.25, 0.3) is 0 Å². The van der Waals surface area contributed by atoms with E-state index in [1.165, 1.54) is 5.56 Å². The smallest absolute Gasteiger partial charge is 0.161 e. The lowest BCUT2D eigenvalue weighted by molar-refractivity contribution is 0.841. The van der Waals surface area contributed by atoms with Gasteiger partial charge in [-0.1, -0.05) is 30.3 Å². The number of hydrogen-bond donors (Lipinski definition) is 0. The summed E-state index contributed by atoms with van der Waals surface area (Å²) in [6, 6.07) is 16.8. The van der Waals surface area contributed by atoms with E-state index in [9.17, 15) is 0 Å². The van der Waals surface area contributed by atoms with Gasteiger partial charge in [0.15, 0.2) is 5.65 Å². The molecule has 25 heavy (non-hydrogen) atoms. The number of benzene rings is 1. The summed E-state index contributed by atoms with van der Waals surface area (Å²) in [5, 5.41) is 10.6. The molecule has 0 saturated carbocycles.